The molecule has 10 heteroatoms. The van der Waals surface area contributed by atoms with Crippen LogP contribution in [0.1, 0.15) is 29.8 Å². The van der Waals surface area contributed by atoms with Gasteiger partial charge in [0.05, 0.1) is 0 Å². The molecule has 4 nitrogen and oxygen atoms in total. The summed E-state index contributed by atoms with van der Waals surface area (Å²) in [5, 5.41) is 0.878. The molecule has 0 fully saturated rings. The Kier molecular flexibility index (Phi) is 5.90. The fourth-order valence-corrected chi connectivity index (χ4v) is 2.55. The Bertz CT molecular complexity index is 678. The number of rotatable bonds is 5. The molecule has 1 aromatic carbocycles. The number of amides is 1. The normalized spacial score (nSPS) is 12.8. The molecule has 0 aliphatic heterocycles. The quantitative estimate of drug-likeness (QED) is 0.626. The van der Waals surface area contributed by atoms with E-state index in [9.17, 15) is 40.7 Å². The number of Topliss-reactive ketones (excluding diaryl/α,β-unsaturated/α-hetero) is 2. The van der Waals surface area contributed by atoms with E-state index in [1.54, 1.807) is 6.92 Å². The van der Waals surface area contributed by atoms with Gasteiger partial charge in [0.1, 0.15) is 17.5 Å². The lowest BCUT2D eigenvalue weighted by Crippen LogP contribution is -2.73. The van der Waals surface area contributed by atoms with Crippen LogP contribution in [0.5, 0.6) is 0 Å². The third-order valence-corrected chi connectivity index (χ3v) is 3.76. The van der Waals surface area contributed by atoms with Crippen molar-refractivity contribution in [3.63, 3.8) is 0 Å². The van der Waals surface area contributed by atoms with Crippen molar-refractivity contribution >= 4 is 17.5 Å². The first-order chi connectivity index (χ1) is 11.6. The summed E-state index contributed by atoms with van der Waals surface area (Å²) in [4.78, 5) is 35.1. The maximum Gasteiger partial charge on any atom is 0.421 e. The summed E-state index contributed by atoms with van der Waals surface area (Å²) in [7, 11) is 0. The lowest BCUT2D eigenvalue weighted by Gasteiger charge is -2.41. The lowest BCUT2D eigenvalue weighted by molar-refractivity contribution is -0.313. The molecule has 0 spiro atoms. The summed E-state index contributed by atoms with van der Waals surface area (Å²) in [6.07, 6.45) is -12.3. The van der Waals surface area contributed by atoms with E-state index in [4.69, 9.17) is 0 Å². The van der Waals surface area contributed by atoms with Crippen LogP contribution >= 0.6 is 0 Å². The number of hydrogen-bond acceptors (Lipinski definition) is 3. The third-order valence-electron chi connectivity index (χ3n) is 3.76. The Balaban J connectivity index is 3.63. The molecule has 0 heterocycles. The van der Waals surface area contributed by atoms with Gasteiger partial charge in [-0.25, -0.2) is 0 Å². The van der Waals surface area contributed by atoms with Crippen molar-refractivity contribution in [1.29, 1.82) is 0 Å². The zero-order chi connectivity index (χ0) is 20.5. The highest BCUT2D eigenvalue weighted by Crippen LogP contribution is 2.48. The third kappa shape index (κ3) is 3.88. The molecule has 1 rings (SSSR count). The molecule has 1 N–H and O–H groups in total. The summed E-state index contributed by atoms with van der Waals surface area (Å²) in [6.45, 7) is 2.45. The van der Waals surface area contributed by atoms with Gasteiger partial charge in [0.15, 0.2) is 0 Å². The lowest BCUT2D eigenvalue weighted by atomic mass is 9.77. The van der Waals surface area contributed by atoms with E-state index < -0.39 is 46.8 Å². The molecule has 0 aliphatic rings. The summed E-state index contributed by atoms with van der Waals surface area (Å²) < 4.78 is 81.3. The number of nitrogens with one attached hydrogen (secondary N) is 1. The molecular formula is C16H15F6NO3. The van der Waals surface area contributed by atoms with Crippen LogP contribution in [0.3, 0.4) is 0 Å². The van der Waals surface area contributed by atoms with Crippen molar-refractivity contribution in [3.05, 3.63) is 35.4 Å². The molecule has 0 radical (unpaired) electrons. The van der Waals surface area contributed by atoms with E-state index in [1.807, 2.05) is 0 Å². The second-order valence-corrected chi connectivity index (χ2v) is 5.78. The molecule has 0 unspecified atom stereocenters. The number of aryl methyl sites for hydroxylation is 1. The topological polar surface area (TPSA) is 63.2 Å². The fraction of sp³-hybridized carbons (Fsp3) is 0.438. The smallest absolute Gasteiger partial charge is 0.329 e. The average molecular weight is 383 g/mol. The Hall–Kier alpha value is -2.39. The van der Waals surface area contributed by atoms with Gasteiger partial charge in [-0.05, 0) is 32.9 Å². The van der Waals surface area contributed by atoms with Gasteiger partial charge < -0.3 is 5.32 Å². The highest BCUT2D eigenvalue weighted by atomic mass is 19.4. The number of alkyl halides is 6. The largest absolute Gasteiger partial charge is 0.421 e. The zero-order valence-corrected chi connectivity index (χ0v) is 13.9. The van der Waals surface area contributed by atoms with Gasteiger partial charge in [0.25, 0.3) is 5.91 Å². The maximum atomic E-state index is 13.5. The predicted molar refractivity (Wildman–Crippen MR) is 78.3 cm³/mol. The standard InChI is InChI=1S/C16H15F6NO3/c1-8-4-6-11(7-5-8)13(26)23-14(15(17,18)19,16(20,21)22)12(9(2)24)10(3)25/h4-7,12H,1-3H3,(H,23,26). The minimum Gasteiger partial charge on any atom is -0.329 e. The molecule has 144 valence electrons. The van der Waals surface area contributed by atoms with E-state index in [0.717, 1.165) is 17.4 Å². The van der Waals surface area contributed by atoms with Gasteiger partial charge in [-0.3, -0.25) is 14.4 Å². The molecule has 26 heavy (non-hydrogen) atoms. The SMILES string of the molecule is CC(=O)C(C(C)=O)C(NC(=O)c1ccc(C)cc1)(C(F)(F)F)C(F)(F)F. The van der Waals surface area contributed by atoms with Crippen LogP contribution in [0, 0.1) is 12.8 Å². The molecule has 0 bridgehead atoms. The van der Waals surface area contributed by atoms with Gasteiger partial charge in [0, 0.05) is 5.56 Å². The van der Waals surface area contributed by atoms with E-state index in [1.165, 1.54) is 12.1 Å². The minimum atomic E-state index is -6.16. The minimum absolute atomic E-state index is 0.427. The highest BCUT2D eigenvalue weighted by Gasteiger charge is 2.77. The number of halogens is 6. The van der Waals surface area contributed by atoms with Crippen LogP contribution in [0.25, 0.3) is 0 Å². The number of ketones is 2. The van der Waals surface area contributed by atoms with E-state index >= 15 is 0 Å². The summed E-state index contributed by atoms with van der Waals surface area (Å²) in [6, 6.07) is 4.67. The first-order valence-corrected chi connectivity index (χ1v) is 7.18. The van der Waals surface area contributed by atoms with Crippen LogP contribution in [0.15, 0.2) is 24.3 Å². The van der Waals surface area contributed by atoms with E-state index in [-0.39, 0.29) is 0 Å². The van der Waals surface area contributed by atoms with Gasteiger partial charge in [0.2, 0.25) is 5.54 Å². The molecule has 1 amide bonds. The maximum absolute atomic E-state index is 13.5. The zero-order valence-electron chi connectivity index (χ0n) is 13.9. The molecule has 0 aromatic heterocycles. The number of hydrogen-bond donors (Lipinski definition) is 1. The first-order valence-electron chi connectivity index (χ1n) is 7.18. The second-order valence-electron chi connectivity index (χ2n) is 5.78. The highest BCUT2D eigenvalue weighted by molar-refractivity contribution is 6.03. The Morgan fingerprint density at radius 3 is 1.54 bits per heavy atom. The van der Waals surface area contributed by atoms with Crippen molar-refractivity contribution in [2.24, 2.45) is 5.92 Å². The van der Waals surface area contributed by atoms with E-state index in [0.29, 0.717) is 19.4 Å². The monoisotopic (exact) mass is 383 g/mol. The van der Waals surface area contributed by atoms with Crippen LogP contribution in [-0.2, 0) is 9.59 Å². The van der Waals surface area contributed by atoms with Crippen molar-refractivity contribution < 1.29 is 40.7 Å². The first kappa shape index (κ1) is 21.7. The number of benzene rings is 1. The Morgan fingerprint density at radius 1 is 0.846 bits per heavy atom. The number of carbonyl (C=O) groups is 3. The summed E-state index contributed by atoms with van der Waals surface area (Å²) in [5.41, 5.74) is -4.91. The van der Waals surface area contributed by atoms with E-state index in [2.05, 4.69) is 0 Å². The number of carbonyl (C=O) groups excluding carboxylic acids is 3. The summed E-state index contributed by atoms with van der Waals surface area (Å²) >= 11 is 0. The molecule has 0 saturated carbocycles. The predicted octanol–water partition coefficient (Wildman–Crippen LogP) is 3.38. The van der Waals surface area contributed by atoms with Crippen molar-refractivity contribution in [3.8, 4) is 0 Å². The van der Waals surface area contributed by atoms with Crippen LogP contribution in [0.4, 0.5) is 26.3 Å². The van der Waals surface area contributed by atoms with Gasteiger partial charge in [-0.15, -0.1) is 0 Å². The van der Waals surface area contributed by atoms with Crippen LogP contribution in [0.2, 0.25) is 0 Å². The second kappa shape index (κ2) is 7.08. The van der Waals surface area contributed by atoms with Crippen molar-refractivity contribution in [2.45, 2.75) is 38.7 Å². The van der Waals surface area contributed by atoms with Gasteiger partial charge in [-0.2, -0.15) is 26.3 Å². The Morgan fingerprint density at radius 2 is 1.23 bits per heavy atom. The molecule has 1 aromatic rings. The van der Waals surface area contributed by atoms with Crippen LogP contribution in [-0.4, -0.2) is 35.4 Å². The van der Waals surface area contributed by atoms with Gasteiger partial charge >= 0.3 is 12.4 Å². The van der Waals surface area contributed by atoms with Crippen molar-refractivity contribution in [2.75, 3.05) is 0 Å². The molecule has 0 atom stereocenters. The van der Waals surface area contributed by atoms with Crippen molar-refractivity contribution in [1.82, 2.24) is 5.32 Å². The summed E-state index contributed by atoms with van der Waals surface area (Å²) in [5.74, 6) is -8.23. The van der Waals surface area contributed by atoms with Gasteiger partial charge in [-0.1, -0.05) is 17.7 Å². The fourth-order valence-electron chi connectivity index (χ4n) is 2.55. The molecule has 0 aliphatic carbocycles. The molecular weight excluding hydrogens is 368 g/mol. The Labute approximate surface area is 144 Å². The molecule has 0 saturated heterocycles. The van der Waals surface area contributed by atoms with Crippen LogP contribution < -0.4 is 5.32 Å². The average Bonchev–Trinajstić information content (AvgIpc) is 2.43.